The summed E-state index contributed by atoms with van der Waals surface area (Å²) in [5.74, 6) is 0.741. The second-order valence-corrected chi connectivity index (χ2v) is 6.35. The Balaban J connectivity index is 1.73. The Morgan fingerprint density at radius 2 is 2.08 bits per heavy atom. The van der Waals surface area contributed by atoms with Gasteiger partial charge in [-0.05, 0) is 44.4 Å². The molecule has 3 rings (SSSR count). The van der Waals surface area contributed by atoms with Gasteiger partial charge < -0.3 is 14.6 Å². The molecule has 1 aromatic carbocycles. The molecular weight excluding hydrogens is 322 g/mol. The van der Waals surface area contributed by atoms with Gasteiger partial charge in [-0.15, -0.1) is 0 Å². The van der Waals surface area contributed by atoms with Crippen molar-refractivity contribution in [3.05, 3.63) is 64.1 Å². The van der Waals surface area contributed by atoms with Crippen LogP contribution in [0.25, 0.3) is 0 Å². The normalized spacial score (nSPS) is 16.1. The Morgan fingerprint density at radius 1 is 1.32 bits per heavy atom. The summed E-state index contributed by atoms with van der Waals surface area (Å²) in [5, 5.41) is 13.9. The Bertz CT molecular complexity index is 755. The fourth-order valence-electron chi connectivity index (χ4n) is 2.93. The molecule has 0 radical (unpaired) electrons. The Kier molecular flexibility index (Phi) is 4.74. The van der Waals surface area contributed by atoms with Gasteiger partial charge in [0.25, 0.3) is 5.69 Å². The Morgan fingerprint density at radius 3 is 2.68 bits per heavy atom. The van der Waals surface area contributed by atoms with Crippen LogP contribution in [-0.2, 0) is 0 Å². The number of nitro benzene ring substituents is 1. The summed E-state index contributed by atoms with van der Waals surface area (Å²) in [6, 6.07) is 9.50. The van der Waals surface area contributed by atoms with Gasteiger partial charge in [0, 0.05) is 18.2 Å². The lowest BCUT2D eigenvalue weighted by Gasteiger charge is -2.29. The maximum absolute atomic E-state index is 12.8. The highest BCUT2D eigenvalue weighted by Gasteiger charge is 2.37. The first-order valence-electron chi connectivity index (χ1n) is 8.34. The minimum absolute atomic E-state index is 0.0154. The molecule has 0 saturated heterocycles. The summed E-state index contributed by atoms with van der Waals surface area (Å²) >= 11 is 0. The smallest absolute Gasteiger partial charge is 0.318 e. The molecule has 1 aliphatic rings. The molecule has 132 valence electrons. The van der Waals surface area contributed by atoms with E-state index in [1.54, 1.807) is 29.4 Å². The Labute approximate surface area is 145 Å². The lowest BCUT2D eigenvalue weighted by atomic mass is 10.1. The molecule has 1 aliphatic carbocycles. The second-order valence-electron chi connectivity index (χ2n) is 6.35. The van der Waals surface area contributed by atoms with E-state index in [1.165, 1.54) is 12.1 Å². The molecule has 0 bridgehead atoms. The monoisotopic (exact) mass is 343 g/mol. The van der Waals surface area contributed by atoms with E-state index in [1.807, 2.05) is 19.9 Å². The van der Waals surface area contributed by atoms with Crippen molar-refractivity contribution in [3.63, 3.8) is 0 Å². The van der Waals surface area contributed by atoms with Gasteiger partial charge in [-0.25, -0.2) is 4.79 Å². The van der Waals surface area contributed by atoms with Crippen molar-refractivity contribution in [1.29, 1.82) is 0 Å². The van der Waals surface area contributed by atoms with Crippen LogP contribution in [0.5, 0.6) is 0 Å². The molecule has 0 aliphatic heterocycles. The molecule has 2 unspecified atom stereocenters. The minimum atomic E-state index is -0.437. The second kappa shape index (κ2) is 6.96. The first-order chi connectivity index (χ1) is 12.0. The van der Waals surface area contributed by atoms with Gasteiger partial charge in [0.05, 0.1) is 23.3 Å². The number of non-ortho nitro benzene ring substituents is 1. The van der Waals surface area contributed by atoms with Crippen LogP contribution in [-0.4, -0.2) is 21.9 Å². The number of hydrogen-bond donors (Lipinski definition) is 1. The van der Waals surface area contributed by atoms with Crippen molar-refractivity contribution in [2.75, 3.05) is 0 Å². The number of carbonyl (C=O) groups excluding carboxylic acids is 1. The number of nitro groups is 1. The molecule has 2 aromatic rings. The van der Waals surface area contributed by atoms with E-state index in [0.29, 0.717) is 5.56 Å². The predicted molar refractivity (Wildman–Crippen MR) is 92.0 cm³/mol. The summed E-state index contributed by atoms with van der Waals surface area (Å²) in [5.41, 5.74) is 0.713. The van der Waals surface area contributed by atoms with Gasteiger partial charge >= 0.3 is 6.03 Å². The van der Waals surface area contributed by atoms with Crippen molar-refractivity contribution in [1.82, 2.24) is 10.2 Å². The van der Waals surface area contributed by atoms with Crippen molar-refractivity contribution in [2.24, 2.45) is 0 Å². The van der Waals surface area contributed by atoms with E-state index in [-0.39, 0.29) is 29.8 Å². The maximum Gasteiger partial charge on any atom is 0.318 e. The first kappa shape index (κ1) is 17.0. The zero-order chi connectivity index (χ0) is 18.0. The summed E-state index contributed by atoms with van der Waals surface area (Å²) in [6.07, 6.45) is 3.55. The SMILES string of the molecule is CC(NC(=O)N(C1CC1)C(C)c1ccco1)c1cccc([N+](=O)[O-])c1. The molecular formula is C18H21N3O4. The van der Waals surface area contributed by atoms with Crippen LogP contribution in [0.4, 0.5) is 10.5 Å². The topological polar surface area (TPSA) is 88.6 Å². The van der Waals surface area contributed by atoms with Crippen LogP contribution in [0, 0.1) is 10.1 Å². The van der Waals surface area contributed by atoms with E-state index in [9.17, 15) is 14.9 Å². The minimum Gasteiger partial charge on any atom is -0.467 e. The number of urea groups is 1. The Hall–Kier alpha value is -2.83. The summed E-state index contributed by atoms with van der Waals surface area (Å²) in [7, 11) is 0. The van der Waals surface area contributed by atoms with Crippen molar-refractivity contribution >= 4 is 11.7 Å². The van der Waals surface area contributed by atoms with Crippen LogP contribution in [0.15, 0.2) is 47.1 Å². The fraction of sp³-hybridized carbons (Fsp3) is 0.389. The summed E-state index contributed by atoms with van der Waals surface area (Å²) in [4.78, 5) is 25.1. The summed E-state index contributed by atoms with van der Waals surface area (Å²) in [6.45, 7) is 3.76. The number of nitrogens with zero attached hydrogens (tertiary/aromatic N) is 2. The molecule has 7 heteroatoms. The van der Waals surface area contributed by atoms with E-state index in [0.717, 1.165) is 18.6 Å². The number of amides is 2. The molecule has 1 saturated carbocycles. The molecule has 1 aromatic heterocycles. The van der Waals surface area contributed by atoms with Crippen molar-refractivity contribution < 1.29 is 14.1 Å². The first-order valence-corrected chi connectivity index (χ1v) is 8.34. The lowest BCUT2D eigenvalue weighted by molar-refractivity contribution is -0.384. The van der Waals surface area contributed by atoms with E-state index >= 15 is 0 Å². The van der Waals surface area contributed by atoms with E-state index in [2.05, 4.69) is 5.32 Å². The standard InChI is InChI=1S/C18H21N3O4/c1-12(14-5-3-6-16(11-14)21(23)24)19-18(22)20(15-8-9-15)13(2)17-7-4-10-25-17/h3-7,10-13,15H,8-9H2,1-2H3,(H,19,22). The summed E-state index contributed by atoms with van der Waals surface area (Å²) < 4.78 is 5.44. The number of nitrogens with one attached hydrogen (secondary N) is 1. The van der Waals surface area contributed by atoms with Crippen LogP contribution in [0.2, 0.25) is 0 Å². The molecule has 0 spiro atoms. The van der Waals surface area contributed by atoms with E-state index < -0.39 is 4.92 Å². The van der Waals surface area contributed by atoms with Crippen LogP contribution < -0.4 is 5.32 Å². The fourth-order valence-corrected chi connectivity index (χ4v) is 2.93. The zero-order valence-corrected chi connectivity index (χ0v) is 14.2. The number of rotatable bonds is 6. The van der Waals surface area contributed by atoms with Crippen LogP contribution in [0.3, 0.4) is 0 Å². The third-order valence-electron chi connectivity index (χ3n) is 4.47. The molecule has 2 atom stereocenters. The highest BCUT2D eigenvalue weighted by Crippen LogP contribution is 2.35. The average Bonchev–Trinajstić information content (AvgIpc) is 3.26. The third kappa shape index (κ3) is 3.81. The van der Waals surface area contributed by atoms with Gasteiger partial charge in [0.15, 0.2) is 0 Å². The van der Waals surface area contributed by atoms with Gasteiger partial charge in [0.2, 0.25) is 0 Å². The van der Waals surface area contributed by atoms with E-state index in [4.69, 9.17) is 4.42 Å². The average molecular weight is 343 g/mol. The number of furan rings is 1. The number of benzene rings is 1. The lowest BCUT2D eigenvalue weighted by Crippen LogP contribution is -2.43. The van der Waals surface area contributed by atoms with Crippen molar-refractivity contribution in [2.45, 2.75) is 44.8 Å². The van der Waals surface area contributed by atoms with Gasteiger partial charge in [-0.3, -0.25) is 10.1 Å². The van der Waals surface area contributed by atoms with Gasteiger partial charge in [-0.1, -0.05) is 12.1 Å². The number of hydrogen-bond acceptors (Lipinski definition) is 4. The molecule has 1 fully saturated rings. The predicted octanol–water partition coefficient (Wildman–Crippen LogP) is 4.18. The third-order valence-corrected chi connectivity index (χ3v) is 4.47. The highest BCUT2D eigenvalue weighted by molar-refractivity contribution is 5.76. The van der Waals surface area contributed by atoms with Gasteiger partial charge in [-0.2, -0.15) is 0 Å². The molecule has 1 N–H and O–H groups in total. The molecule has 25 heavy (non-hydrogen) atoms. The van der Waals surface area contributed by atoms with Crippen LogP contribution >= 0.6 is 0 Å². The largest absolute Gasteiger partial charge is 0.467 e. The van der Waals surface area contributed by atoms with Crippen molar-refractivity contribution in [3.8, 4) is 0 Å². The highest BCUT2D eigenvalue weighted by atomic mass is 16.6. The zero-order valence-electron chi connectivity index (χ0n) is 14.2. The molecule has 7 nitrogen and oxygen atoms in total. The molecule has 1 heterocycles. The van der Waals surface area contributed by atoms with Gasteiger partial charge in [0.1, 0.15) is 5.76 Å². The van der Waals surface area contributed by atoms with Crippen LogP contribution in [0.1, 0.15) is 50.1 Å². The quantitative estimate of drug-likeness (QED) is 0.629. The number of carbonyl (C=O) groups is 1. The maximum atomic E-state index is 12.8. The molecule has 2 amide bonds.